The predicted molar refractivity (Wildman–Crippen MR) is 80.3 cm³/mol. The SMILES string of the molecule is CCOCCCN(Cc1nc(C(=O)OC)cs1)C(=O)CC. The van der Waals surface area contributed by atoms with Crippen molar-refractivity contribution in [1.29, 1.82) is 0 Å². The van der Waals surface area contributed by atoms with Crippen LogP contribution in [-0.4, -0.2) is 48.6 Å². The van der Waals surface area contributed by atoms with Crippen LogP contribution in [0.3, 0.4) is 0 Å². The number of carbonyl (C=O) groups is 2. The normalized spacial score (nSPS) is 10.4. The summed E-state index contributed by atoms with van der Waals surface area (Å²) in [5.41, 5.74) is 0.288. The minimum atomic E-state index is -0.456. The van der Waals surface area contributed by atoms with Gasteiger partial charge in [0.25, 0.3) is 0 Å². The third-order valence-electron chi connectivity index (χ3n) is 2.85. The molecule has 0 saturated heterocycles. The number of nitrogens with zero attached hydrogens (tertiary/aromatic N) is 2. The van der Waals surface area contributed by atoms with E-state index in [-0.39, 0.29) is 11.6 Å². The molecule has 0 unspecified atom stereocenters. The van der Waals surface area contributed by atoms with E-state index in [4.69, 9.17) is 4.74 Å². The molecule has 0 aliphatic carbocycles. The van der Waals surface area contributed by atoms with Gasteiger partial charge in [-0.15, -0.1) is 11.3 Å². The van der Waals surface area contributed by atoms with Gasteiger partial charge in [0.15, 0.2) is 5.69 Å². The van der Waals surface area contributed by atoms with Crippen LogP contribution in [0.15, 0.2) is 5.38 Å². The van der Waals surface area contributed by atoms with Crippen LogP contribution in [0.1, 0.15) is 42.2 Å². The molecule has 118 valence electrons. The maximum atomic E-state index is 11.9. The summed E-state index contributed by atoms with van der Waals surface area (Å²) in [5, 5.41) is 2.38. The molecule has 0 aliphatic heterocycles. The molecular formula is C14H22N2O4S. The molecule has 0 N–H and O–H groups in total. The highest BCUT2D eigenvalue weighted by Crippen LogP contribution is 2.14. The Kier molecular flexibility index (Phi) is 7.92. The maximum absolute atomic E-state index is 11.9. The zero-order valence-corrected chi connectivity index (χ0v) is 13.6. The van der Waals surface area contributed by atoms with Gasteiger partial charge in [0.2, 0.25) is 5.91 Å². The van der Waals surface area contributed by atoms with Crippen molar-refractivity contribution in [2.75, 3.05) is 26.9 Å². The van der Waals surface area contributed by atoms with E-state index in [9.17, 15) is 9.59 Å². The van der Waals surface area contributed by atoms with Crippen molar-refractivity contribution in [1.82, 2.24) is 9.88 Å². The van der Waals surface area contributed by atoms with Gasteiger partial charge < -0.3 is 14.4 Å². The van der Waals surface area contributed by atoms with Gasteiger partial charge in [-0.25, -0.2) is 9.78 Å². The van der Waals surface area contributed by atoms with Crippen molar-refractivity contribution in [3.63, 3.8) is 0 Å². The quantitative estimate of drug-likeness (QED) is 0.516. The van der Waals surface area contributed by atoms with Crippen LogP contribution in [-0.2, 0) is 20.8 Å². The average molecular weight is 314 g/mol. The molecule has 21 heavy (non-hydrogen) atoms. The van der Waals surface area contributed by atoms with Gasteiger partial charge in [-0.05, 0) is 13.3 Å². The first kappa shape index (κ1) is 17.6. The van der Waals surface area contributed by atoms with Crippen molar-refractivity contribution < 1.29 is 19.1 Å². The largest absolute Gasteiger partial charge is 0.464 e. The van der Waals surface area contributed by atoms with Gasteiger partial charge in [-0.3, -0.25) is 4.79 Å². The fourth-order valence-electron chi connectivity index (χ4n) is 1.76. The standard InChI is InChI=1S/C14H22N2O4S/c1-4-13(17)16(7-6-8-20-5-2)9-12-15-11(10-21-12)14(18)19-3/h10H,4-9H2,1-3H3. The second kappa shape index (κ2) is 9.46. The second-order valence-corrected chi connectivity index (χ2v) is 5.28. The summed E-state index contributed by atoms with van der Waals surface area (Å²) in [5.74, 6) is -0.386. The van der Waals surface area contributed by atoms with E-state index in [2.05, 4.69) is 9.72 Å². The highest BCUT2D eigenvalue weighted by atomic mass is 32.1. The fraction of sp³-hybridized carbons (Fsp3) is 0.643. The van der Waals surface area contributed by atoms with Crippen molar-refractivity contribution >= 4 is 23.2 Å². The highest BCUT2D eigenvalue weighted by Gasteiger charge is 2.16. The lowest BCUT2D eigenvalue weighted by molar-refractivity contribution is -0.131. The number of rotatable bonds is 9. The first-order chi connectivity index (χ1) is 10.1. The van der Waals surface area contributed by atoms with E-state index in [1.54, 1.807) is 10.3 Å². The summed E-state index contributed by atoms with van der Waals surface area (Å²) in [6.07, 6.45) is 1.23. The smallest absolute Gasteiger partial charge is 0.357 e. The minimum absolute atomic E-state index is 0.0707. The minimum Gasteiger partial charge on any atom is -0.464 e. The fourth-order valence-corrected chi connectivity index (χ4v) is 2.54. The lowest BCUT2D eigenvalue weighted by Crippen LogP contribution is -2.31. The molecule has 0 atom stereocenters. The van der Waals surface area contributed by atoms with Gasteiger partial charge in [-0.1, -0.05) is 6.92 Å². The zero-order chi connectivity index (χ0) is 15.7. The van der Waals surface area contributed by atoms with Crippen LogP contribution < -0.4 is 0 Å². The lowest BCUT2D eigenvalue weighted by atomic mass is 10.3. The molecule has 0 radical (unpaired) electrons. The zero-order valence-electron chi connectivity index (χ0n) is 12.8. The van der Waals surface area contributed by atoms with E-state index in [0.29, 0.717) is 32.7 Å². The highest BCUT2D eigenvalue weighted by molar-refractivity contribution is 7.09. The molecule has 0 fully saturated rings. The molecule has 0 aliphatic rings. The van der Waals surface area contributed by atoms with Crippen molar-refractivity contribution in [3.05, 3.63) is 16.1 Å². The van der Waals surface area contributed by atoms with E-state index < -0.39 is 5.97 Å². The monoisotopic (exact) mass is 314 g/mol. The number of methoxy groups -OCH3 is 1. The number of aromatic nitrogens is 1. The van der Waals surface area contributed by atoms with E-state index in [1.807, 2.05) is 13.8 Å². The summed E-state index contributed by atoms with van der Waals surface area (Å²) in [6, 6.07) is 0. The molecular weight excluding hydrogens is 292 g/mol. The van der Waals surface area contributed by atoms with Gasteiger partial charge in [0, 0.05) is 31.6 Å². The second-order valence-electron chi connectivity index (χ2n) is 4.34. The molecule has 0 spiro atoms. The van der Waals surface area contributed by atoms with E-state index >= 15 is 0 Å². The van der Waals surface area contributed by atoms with Gasteiger partial charge in [0.05, 0.1) is 13.7 Å². The van der Waals surface area contributed by atoms with Gasteiger partial charge in [-0.2, -0.15) is 0 Å². The Labute approximate surface area is 129 Å². The van der Waals surface area contributed by atoms with Crippen LogP contribution in [0, 0.1) is 0 Å². The van der Waals surface area contributed by atoms with E-state index in [0.717, 1.165) is 11.4 Å². The average Bonchev–Trinajstić information content (AvgIpc) is 2.97. The first-order valence-electron chi connectivity index (χ1n) is 7.00. The van der Waals surface area contributed by atoms with Crippen molar-refractivity contribution in [2.45, 2.75) is 33.2 Å². The number of hydrogen-bond acceptors (Lipinski definition) is 6. The molecule has 1 aromatic rings. The van der Waals surface area contributed by atoms with E-state index in [1.165, 1.54) is 18.4 Å². The number of ether oxygens (including phenoxy) is 2. The predicted octanol–water partition coefficient (Wildman–Crippen LogP) is 2.09. The molecule has 1 rings (SSSR count). The summed E-state index contributed by atoms with van der Waals surface area (Å²) >= 11 is 1.36. The maximum Gasteiger partial charge on any atom is 0.357 e. The lowest BCUT2D eigenvalue weighted by Gasteiger charge is -2.21. The van der Waals surface area contributed by atoms with Crippen molar-refractivity contribution in [2.24, 2.45) is 0 Å². The summed E-state index contributed by atoms with van der Waals surface area (Å²) < 4.78 is 9.91. The van der Waals surface area contributed by atoms with Crippen LogP contribution in [0.4, 0.5) is 0 Å². The Bertz CT molecular complexity index is 462. The number of amides is 1. The van der Waals surface area contributed by atoms with Gasteiger partial charge in [0.1, 0.15) is 5.01 Å². The summed E-state index contributed by atoms with van der Waals surface area (Å²) in [6.45, 7) is 6.13. The molecule has 1 amide bonds. The van der Waals surface area contributed by atoms with Crippen LogP contribution in [0.5, 0.6) is 0 Å². The Morgan fingerprint density at radius 2 is 2.14 bits per heavy atom. The molecule has 0 saturated carbocycles. The molecule has 7 heteroatoms. The molecule has 0 bridgehead atoms. The van der Waals surface area contributed by atoms with Crippen molar-refractivity contribution in [3.8, 4) is 0 Å². The summed E-state index contributed by atoms with van der Waals surface area (Å²) in [4.78, 5) is 29.3. The molecule has 6 nitrogen and oxygen atoms in total. The Morgan fingerprint density at radius 3 is 2.76 bits per heavy atom. The number of thiazole rings is 1. The van der Waals surface area contributed by atoms with Crippen LogP contribution >= 0.6 is 11.3 Å². The molecule has 1 aromatic heterocycles. The Balaban J connectivity index is 2.61. The van der Waals surface area contributed by atoms with Gasteiger partial charge >= 0.3 is 5.97 Å². The topological polar surface area (TPSA) is 68.7 Å². The van der Waals surface area contributed by atoms with Crippen LogP contribution in [0.25, 0.3) is 0 Å². The number of hydrogen-bond donors (Lipinski definition) is 0. The number of esters is 1. The summed E-state index contributed by atoms with van der Waals surface area (Å²) in [7, 11) is 1.32. The Morgan fingerprint density at radius 1 is 1.38 bits per heavy atom. The Hall–Kier alpha value is -1.47. The third-order valence-corrected chi connectivity index (χ3v) is 3.68. The third kappa shape index (κ3) is 5.81. The molecule has 1 heterocycles. The molecule has 0 aromatic carbocycles. The van der Waals surface area contributed by atoms with Crippen LogP contribution in [0.2, 0.25) is 0 Å². The number of carbonyl (C=O) groups excluding carboxylic acids is 2. The first-order valence-corrected chi connectivity index (χ1v) is 7.88.